The van der Waals surface area contributed by atoms with Crippen molar-refractivity contribution >= 4 is 11.7 Å². The number of carbonyl (C=O) groups excluding carboxylic acids is 2. The van der Waals surface area contributed by atoms with Crippen LogP contribution in [-0.2, 0) is 15.3 Å². The summed E-state index contributed by atoms with van der Waals surface area (Å²) in [4.78, 5) is 27.5. The molecule has 1 fully saturated rings. The summed E-state index contributed by atoms with van der Waals surface area (Å²) >= 11 is 0. The molecule has 0 radical (unpaired) electrons. The van der Waals surface area contributed by atoms with Gasteiger partial charge in [0.25, 0.3) is 0 Å². The molecule has 2 aromatic carbocycles. The van der Waals surface area contributed by atoms with Gasteiger partial charge in [0.1, 0.15) is 6.04 Å². The van der Waals surface area contributed by atoms with E-state index >= 15 is 0 Å². The number of aliphatic hydroxyl groups is 2. The number of Topliss-reactive ketones (excluding diaryl/α,β-unsaturated/α-hetero) is 1. The zero-order valence-electron chi connectivity index (χ0n) is 16.7. The van der Waals surface area contributed by atoms with Crippen LogP contribution in [0.4, 0.5) is 0 Å². The number of nitrogens with zero attached hydrogens (tertiary/aromatic N) is 1. The van der Waals surface area contributed by atoms with E-state index < -0.39 is 35.1 Å². The number of hydrogen-bond donors (Lipinski definition) is 2. The van der Waals surface area contributed by atoms with Crippen LogP contribution in [0.1, 0.15) is 38.8 Å². The summed E-state index contributed by atoms with van der Waals surface area (Å²) < 4.78 is 0. The van der Waals surface area contributed by atoms with Gasteiger partial charge in [0.15, 0.2) is 11.5 Å². The Bertz CT molecular complexity index is 816. The number of ketones is 1. The standard InChI is InChI=1S/C23H27NO4/c1-15(25)18-19(20(26)22(2,3)4)24(21(18)27)23(28,16-11-7-5-8-12-16)17-13-9-6-10-14-17/h5-15,18-19,25,28H,1-4H3/t15-,18-,19+/m1/s1. The molecular formula is C23H27NO4. The predicted molar refractivity (Wildman–Crippen MR) is 106 cm³/mol. The molecule has 2 N–H and O–H groups in total. The minimum absolute atomic E-state index is 0.191. The lowest BCUT2D eigenvalue weighted by Crippen LogP contribution is -2.74. The molecule has 28 heavy (non-hydrogen) atoms. The molecule has 0 aromatic heterocycles. The van der Waals surface area contributed by atoms with Crippen molar-refractivity contribution in [2.24, 2.45) is 11.3 Å². The van der Waals surface area contributed by atoms with Crippen LogP contribution in [-0.4, -0.2) is 38.9 Å². The van der Waals surface area contributed by atoms with E-state index in [1.807, 2.05) is 12.1 Å². The van der Waals surface area contributed by atoms with Crippen LogP contribution in [0.25, 0.3) is 0 Å². The number of β-lactam (4-membered cyclic amide) rings is 1. The molecule has 1 aliphatic heterocycles. The molecule has 0 aliphatic carbocycles. The number of benzene rings is 2. The maximum absolute atomic E-state index is 13.2. The number of rotatable bonds is 5. The van der Waals surface area contributed by atoms with E-state index in [0.29, 0.717) is 11.1 Å². The summed E-state index contributed by atoms with van der Waals surface area (Å²) in [7, 11) is 0. The van der Waals surface area contributed by atoms with Gasteiger partial charge in [0, 0.05) is 16.5 Å². The lowest BCUT2D eigenvalue weighted by Gasteiger charge is -2.56. The number of amides is 1. The Morgan fingerprint density at radius 3 is 1.75 bits per heavy atom. The molecule has 0 unspecified atom stereocenters. The number of carbonyl (C=O) groups is 2. The second kappa shape index (κ2) is 7.15. The summed E-state index contributed by atoms with van der Waals surface area (Å²) in [6.07, 6.45) is -0.990. The first-order chi connectivity index (χ1) is 13.1. The van der Waals surface area contributed by atoms with E-state index in [2.05, 4.69) is 0 Å². The smallest absolute Gasteiger partial charge is 0.234 e. The summed E-state index contributed by atoms with van der Waals surface area (Å²) in [6.45, 7) is 6.84. The van der Waals surface area contributed by atoms with Gasteiger partial charge in [-0.25, -0.2) is 0 Å². The molecule has 1 saturated heterocycles. The van der Waals surface area contributed by atoms with Crippen LogP contribution >= 0.6 is 0 Å². The molecule has 2 aromatic rings. The van der Waals surface area contributed by atoms with Gasteiger partial charge in [0.05, 0.1) is 12.0 Å². The fraction of sp³-hybridized carbons (Fsp3) is 0.391. The van der Waals surface area contributed by atoms with E-state index in [9.17, 15) is 19.8 Å². The lowest BCUT2D eigenvalue weighted by atomic mass is 9.71. The van der Waals surface area contributed by atoms with Crippen LogP contribution in [0.5, 0.6) is 0 Å². The van der Waals surface area contributed by atoms with Gasteiger partial charge in [-0.1, -0.05) is 81.4 Å². The Kier molecular flexibility index (Phi) is 5.17. The van der Waals surface area contributed by atoms with Crippen molar-refractivity contribution in [1.82, 2.24) is 4.90 Å². The van der Waals surface area contributed by atoms with Crippen LogP contribution in [0.2, 0.25) is 0 Å². The van der Waals surface area contributed by atoms with Gasteiger partial charge in [-0.15, -0.1) is 0 Å². The second-order valence-electron chi connectivity index (χ2n) is 8.44. The Labute approximate surface area is 165 Å². The molecule has 1 amide bonds. The SMILES string of the molecule is C[C@@H](O)[C@H]1C(=O)N(C(O)(c2ccccc2)c2ccccc2)[C@@H]1C(=O)C(C)(C)C. The van der Waals surface area contributed by atoms with E-state index in [1.54, 1.807) is 69.3 Å². The van der Waals surface area contributed by atoms with Crippen molar-refractivity contribution in [2.45, 2.75) is 45.6 Å². The van der Waals surface area contributed by atoms with E-state index in [4.69, 9.17) is 0 Å². The van der Waals surface area contributed by atoms with Crippen LogP contribution < -0.4 is 0 Å². The van der Waals surface area contributed by atoms with E-state index in [0.717, 1.165) is 0 Å². The Balaban J connectivity index is 2.19. The first-order valence-electron chi connectivity index (χ1n) is 9.49. The Morgan fingerprint density at radius 2 is 1.39 bits per heavy atom. The first kappa shape index (κ1) is 20.2. The van der Waals surface area contributed by atoms with Crippen molar-refractivity contribution in [2.75, 3.05) is 0 Å². The molecule has 3 rings (SSSR count). The largest absolute Gasteiger partial charge is 0.392 e. The van der Waals surface area contributed by atoms with Crippen molar-refractivity contribution in [1.29, 1.82) is 0 Å². The normalized spacial score (nSPS) is 21.2. The summed E-state index contributed by atoms with van der Waals surface area (Å²) in [5.41, 5.74) is -1.56. The Morgan fingerprint density at radius 1 is 0.964 bits per heavy atom. The molecule has 1 aliphatic rings. The number of hydrogen-bond acceptors (Lipinski definition) is 4. The molecule has 5 nitrogen and oxygen atoms in total. The summed E-state index contributed by atoms with van der Waals surface area (Å²) in [6, 6.07) is 16.8. The fourth-order valence-corrected chi connectivity index (χ4v) is 3.85. The van der Waals surface area contributed by atoms with Crippen LogP contribution in [0, 0.1) is 11.3 Å². The Hall–Kier alpha value is -2.50. The number of likely N-dealkylation sites (tertiary alicyclic amines) is 1. The zero-order chi connectivity index (χ0) is 20.7. The predicted octanol–water partition coefficient (Wildman–Crippen LogP) is 2.70. The lowest BCUT2D eigenvalue weighted by molar-refractivity contribution is -0.207. The van der Waals surface area contributed by atoms with Gasteiger partial charge >= 0.3 is 0 Å². The van der Waals surface area contributed by atoms with Crippen LogP contribution in [0.15, 0.2) is 60.7 Å². The molecular weight excluding hydrogens is 354 g/mol. The molecule has 3 atom stereocenters. The molecule has 0 saturated carbocycles. The molecule has 1 heterocycles. The fourth-order valence-electron chi connectivity index (χ4n) is 3.85. The average molecular weight is 381 g/mol. The van der Waals surface area contributed by atoms with Gasteiger partial charge in [-0.3, -0.25) is 14.5 Å². The van der Waals surface area contributed by atoms with Gasteiger partial charge in [-0.05, 0) is 6.92 Å². The molecule has 148 valence electrons. The highest BCUT2D eigenvalue weighted by molar-refractivity contribution is 6.03. The van der Waals surface area contributed by atoms with Crippen molar-refractivity contribution < 1.29 is 19.8 Å². The van der Waals surface area contributed by atoms with E-state index in [1.165, 1.54) is 11.8 Å². The second-order valence-corrected chi connectivity index (χ2v) is 8.44. The van der Waals surface area contributed by atoms with Crippen molar-refractivity contribution in [3.63, 3.8) is 0 Å². The van der Waals surface area contributed by atoms with Gasteiger partial charge in [-0.2, -0.15) is 0 Å². The third kappa shape index (κ3) is 3.15. The molecule has 0 bridgehead atoms. The van der Waals surface area contributed by atoms with E-state index in [-0.39, 0.29) is 5.78 Å². The summed E-state index contributed by atoms with van der Waals surface area (Å²) in [5, 5.41) is 22.1. The minimum Gasteiger partial charge on any atom is -0.392 e. The highest BCUT2D eigenvalue weighted by Gasteiger charge is 2.62. The monoisotopic (exact) mass is 381 g/mol. The van der Waals surface area contributed by atoms with Gasteiger partial charge in [0.2, 0.25) is 5.91 Å². The van der Waals surface area contributed by atoms with Gasteiger partial charge < -0.3 is 10.2 Å². The van der Waals surface area contributed by atoms with Crippen LogP contribution in [0.3, 0.4) is 0 Å². The quantitative estimate of drug-likeness (QED) is 0.781. The molecule has 5 heteroatoms. The average Bonchev–Trinajstić information content (AvgIpc) is 2.65. The molecule has 0 spiro atoms. The highest BCUT2D eigenvalue weighted by atomic mass is 16.3. The zero-order valence-corrected chi connectivity index (χ0v) is 16.7. The minimum atomic E-state index is -1.81. The number of aliphatic hydroxyl groups excluding tert-OH is 1. The maximum Gasteiger partial charge on any atom is 0.234 e. The maximum atomic E-state index is 13.2. The third-order valence-corrected chi connectivity index (χ3v) is 5.37. The summed E-state index contributed by atoms with van der Waals surface area (Å²) in [5.74, 6) is -1.50. The highest BCUT2D eigenvalue weighted by Crippen LogP contribution is 2.45. The topological polar surface area (TPSA) is 77.8 Å². The first-order valence-corrected chi connectivity index (χ1v) is 9.49. The van der Waals surface area contributed by atoms with Crippen molar-refractivity contribution in [3.8, 4) is 0 Å². The van der Waals surface area contributed by atoms with Crippen molar-refractivity contribution in [3.05, 3.63) is 71.8 Å². The third-order valence-electron chi connectivity index (χ3n) is 5.37.